The molecule has 18 heavy (non-hydrogen) atoms. The standard InChI is InChI=1S/C14H15NO.C2H6/c1-3-10-4-5-12-9-13(14(16)15-2)7-6-11(12)8-10;1-2/h4-9H,3H2,1-2H3,(H,15,16);1-2H3. The first-order valence-electron chi connectivity index (χ1n) is 6.49. The van der Waals surface area contributed by atoms with Crippen LogP contribution in [0.1, 0.15) is 36.7 Å². The molecule has 1 N–H and O–H groups in total. The van der Waals surface area contributed by atoms with Crippen molar-refractivity contribution >= 4 is 16.7 Å². The number of nitrogens with one attached hydrogen (secondary N) is 1. The van der Waals surface area contributed by atoms with Gasteiger partial charge in [-0.3, -0.25) is 4.79 Å². The van der Waals surface area contributed by atoms with Crippen molar-refractivity contribution in [2.24, 2.45) is 0 Å². The monoisotopic (exact) mass is 243 g/mol. The fourth-order valence-electron chi connectivity index (χ4n) is 1.80. The van der Waals surface area contributed by atoms with Crippen LogP contribution < -0.4 is 5.32 Å². The zero-order valence-corrected chi connectivity index (χ0v) is 11.6. The van der Waals surface area contributed by atoms with E-state index in [2.05, 4.69) is 30.4 Å². The Morgan fingerprint density at radius 3 is 2.28 bits per heavy atom. The minimum Gasteiger partial charge on any atom is -0.355 e. The Labute approximate surface area is 109 Å². The third-order valence-electron chi connectivity index (χ3n) is 2.80. The average Bonchev–Trinajstić information content (AvgIpc) is 2.47. The third-order valence-corrected chi connectivity index (χ3v) is 2.80. The van der Waals surface area contributed by atoms with Crippen molar-refractivity contribution in [2.75, 3.05) is 7.05 Å². The molecular formula is C16H21NO. The molecule has 0 saturated heterocycles. The second-order valence-corrected chi connectivity index (χ2v) is 3.83. The lowest BCUT2D eigenvalue weighted by Crippen LogP contribution is -2.17. The molecule has 0 aliphatic carbocycles. The molecule has 0 saturated carbocycles. The molecule has 0 aromatic heterocycles. The van der Waals surface area contributed by atoms with E-state index in [-0.39, 0.29) is 5.91 Å². The van der Waals surface area contributed by atoms with E-state index in [0.717, 1.165) is 11.8 Å². The van der Waals surface area contributed by atoms with Crippen molar-refractivity contribution in [3.8, 4) is 0 Å². The van der Waals surface area contributed by atoms with Gasteiger partial charge in [-0.1, -0.05) is 45.0 Å². The summed E-state index contributed by atoms with van der Waals surface area (Å²) in [5, 5.41) is 4.93. The predicted molar refractivity (Wildman–Crippen MR) is 78.1 cm³/mol. The van der Waals surface area contributed by atoms with Gasteiger partial charge in [0.2, 0.25) is 0 Å². The second-order valence-electron chi connectivity index (χ2n) is 3.83. The maximum absolute atomic E-state index is 11.5. The fourth-order valence-corrected chi connectivity index (χ4v) is 1.80. The van der Waals surface area contributed by atoms with Crippen molar-refractivity contribution in [3.63, 3.8) is 0 Å². The van der Waals surface area contributed by atoms with Crippen LogP contribution in [0.5, 0.6) is 0 Å². The largest absolute Gasteiger partial charge is 0.355 e. The molecule has 0 spiro atoms. The second kappa shape index (κ2) is 6.80. The molecule has 0 radical (unpaired) electrons. The van der Waals surface area contributed by atoms with Gasteiger partial charge in [0.1, 0.15) is 0 Å². The van der Waals surface area contributed by atoms with E-state index in [9.17, 15) is 4.79 Å². The number of carbonyl (C=O) groups is 1. The molecule has 2 nitrogen and oxygen atoms in total. The quantitative estimate of drug-likeness (QED) is 0.854. The lowest BCUT2D eigenvalue weighted by molar-refractivity contribution is 0.0963. The number of fused-ring (bicyclic) bond motifs is 1. The van der Waals surface area contributed by atoms with E-state index in [1.165, 1.54) is 10.9 Å². The molecule has 1 amide bonds. The molecule has 0 fully saturated rings. The topological polar surface area (TPSA) is 29.1 Å². The van der Waals surface area contributed by atoms with Crippen LogP contribution in [0.3, 0.4) is 0 Å². The summed E-state index contributed by atoms with van der Waals surface area (Å²) < 4.78 is 0. The van der Waals surface area contributed by atoms with Gasteiger partial charge < -0.3 is 5.32 Å². The van der Waals surface area contributed by atoms with Crippen LogP contribution in [-0.2, 0) is 6.42 Å². The molecule has 0 aliphatic rings. The van der Waals surface area contributed by atoms with Crippen LogP contribution in [-0.4, -0.2) is 13.0 Å². The van der Waals surface area contributed by atoms with E-state index in [1.807, 2.05) is 32.0 Å². The molecule has 0 atom stereocenters. The summed E-state index contributed by atoms with van der Waals surface area (Å²) in [7, 11) is 1.65. The Morgan fingerprint density at radius 1 is 1.06 bits per heavy atom. The number of carbonyl (C=O) groups excluding carboxylic acids is 1. The Balaban J connectivity index is 0.000000771. The SMILES string of the molecule is CC.CCc1ccc2cc(C(=O)NC)ccc2c1. The smallest absolute Gasteiger partial charge is 0.251 e. The molecule has 2 aromatic carbocycles. The van der Waals surface area contributed by atoms with Crippen LogP contribution in [0.4, 0.5) is 0 Å². The maximum atomic E-state index is 11.5. The van der Waals surface area contributed by atoms with Gasteiger partial charge in [-0.15, -0.1) is 0 Å². The maximum Gasteiger partial charge on any atom is 0.251 e. The average molecular weight is 243 g/mol. The number of hydrogen-bond donors (Lipinski definition) is 1. The first-order chi connectivity index (χ1) is 8.74. The van der Waals surface area contributed by atoms with Crippen molar-refractivity contribution in [2.45, 2.75) is 27.2 Å². The fraction of sp³-hybridized carbons (Fsp3) is 0.312. The zero-order valence-electron chi connectivity index (χ0n) is 11.6. The van der Waals surface area contributed by atoms with Gasteiger partial charge in [-0.2, -0.15) is 0 Å². The highest BCUT2D eigenvalue weighted by Crippen LogP contribution is 2.18. The molecule has 0 aliphatic heterocycles. The van der Waals surface area contributed by atoms with Gasteiger partial charge in [-0.05, 0) is 34.9 Å². The van der Waals surface area contributed by atoms with Gasteiger partial charge in [0.25, 0.3) is 5.91 Å². The van der Waals surface area contributed by atoms with Crippen molar-refractivity contribution in [1.82, 2.24) is 5.32 Å². The highest BCUT2D eigenvalue weighted by atomic mass is 16.1. The van der Waals surface area contributed by atoms with Crippen LogP contribution in [0, 0.1) is 0 Å². The van der Waals surface area contributed by atoms with Gasteiger partial charge in [0, 0.05) is 12.6 Å². The van der Waals surface area contributed by atoms with Gasteiger partial charge in [-0.25, -0.2) is 0 Å². The summed E-state index contributed by atoms with van der Waals surface area (Å²) in [5.41, 5.74) is 2.03. The lowest BCUT2D eigenvalue weighted by atomic mass is 10.0. The van der Waals surface area contributed by atoms with E-state index >= 15 is 0 Å². The Morgan fingerprint density at radius 2 is 1.67 bits per heavy atom. The Hall–Kier alpha value is -1.83. The summed E-state index contributed by atoms with van der Waals surface area (Å²) in [5.74, 6) is -0.0403. The zero-order chi connectivity index (χ0) is 13.5. The van der Waals surface area contributed by atoms with Crippen LogP contribution in [0.15, 0.2) is 36.4 Å². The van der Waals surface area contributed by atoms with Gasteiger partial charge in [0.15, 0.2) is 0 Å². The van der Waals surface area contributed by atoms with Gasteiger partial charge >= 0.3 is 0 Å². The van der Waals surface area contributed by atoms with E-state index in [1.54, 1.807) is 7.05 Å². The summed E-state index contributed by atoms with van der Waals surface area (Å²) in [6.45, 7) is 6.14. The summed E-state index contributed by atoms with van der Waals surface area (Å²) >= 11 is 0. The van der Waals surface area contributed by atoms with Gasteiger partial charge in [0.05, 0.1) is 0 Å². The van der Waals surface area contributed by atoms with E-state index < -0.39 is 0 Å². The van der Waals surface area contributed by atoms with Crippen LogP contribution in [0.2, 0.25) is 0 Å². The van der Waals surface area contributed by atoms with Crippen molar-refractivity contribution in [1.29, 1.82) is 0 Å². The molecule has 96 valence electrons. The molecule has 0 heterocycles. The van der Waals surface area contributed by atoms with Crippen molar-refractivity contribution in [3.05, 3.63) is 47.5 Å². The first kappa shape index (κ1) is 14.2. The third kappa shape index (κ3) is 3.10. The lowest BCUT2D eigenvalue weighted by Gasteiger charge is -2.04. The van der Waals surface area contributed by atoms with E-state index in [0.29, 0.717) is 5.56 Å². The molecular weight excluding hydrogens is 222 g/mol. The normalized spacial score (nSPS) is 9.56. The molecule has 0 bridgehead atoms. The number of amides is 1. The number of aryl methyl sites for hydroxylation is 1. The van der Waals surface area contributed by atoms with Crippen LogP contribution >= 0.6 is 0 Å². The molecule has 2 rings (SSSR count). The summed E-state index contributed by atoms with van der Waals surface area (Å²) in [6.07, 6.45) is 1.03. The number of benzene rings is 2. The minimum absolute atomic E-state index is 0.0403. The summed E-state index contributed by atoms with van der Waals surface area (Å²) in [6, 6.07) is 12.1. The minimum atomic E-state index is -0.0403. The summed E-state index contributed by atoms with van der Waals surface area (Å²) in [4.78, 5) is 11.5. The highest BCUT2D eigenvalue weighted by molar-refractivity contribution is 5.98. The number of hydrogen-bond acceptors (Lipinski definition) is 1. The number of rotatable bonds is 2. The van der Waals surface area contributed by atoms with Crippen LogP contribution in [0.25, 0.3) is 10.8 Å². The molecule has 0 unspecified atom stereocenters. The van der Waals surface area contributed by atoms with Crippen molar-refractivity contribution < 1.29 is 4.79 Å². The van der Waals surface area contributed by atoms with E-state index in [4.69, 9.17) is 0 Å². The Bertz CT molecular complexity index is 532. The predicted octanol–water partition coefficient (Wildman–Crippen LogP) is 3.79. The molecule has 2 aromatic rings. The Kier molecular flexibility index (Phi) is 5.37. The highest BCUT2D eigenvalue weighted by Gasteiger charge is 2.03. The molecule has 2 heteroatoms. The first-order valence-corrected chi connectivity index (χ1v) is 6.49.